The van der Waals surface area contributed by atoms with Crippen molar-refractivity contribution < 1.29 is 4.79 Å². The van der Waals surface area contributed by atoms with Gasteiger partial charge < -0.3 is 10.2 Å². The van der Waals surface area contributed by atoms with Crippen LogP contribution in [-0.2, 0) is 4.79 Å². The summed E-state index contributed by atoms with van der Waals surface area (Å²) in [6.45, 7) is 3.85. The summed E-state index contributed by atoms with van der Waals surface area (Å²) in [6.07, 6.45) is 1.83. The quantitative estimate of drug-likeness (QED) is 0.895. The first kappa shape index (κ1) is 12.8. The Kier molecular flexibility index (Phi) is 3.62. The van der Waals surface area contributed by atoms with E-state index in [0.717, 1.165) is 43.3 Å². The molecule has 2 aliphatic rings. The van der Waals surface area contributed by atoms with Crippen LogP contribution >= 0.6 is 11.6 Å². The van der Waals surface area contributed by atoms with Crippen molar-refractivity contribution in [3.63, 3.8) is 0 Å². The number of para-hydroxylation sites is 1. The van der Waals surface area contributed by atoms with Crippen LogP contribution in [0.5, 0.6) is 0 Å². The fraction of sp³-hybridized carbons (Fsp3) is 0.500. The fourth-order valence-electron chi connectivity index (χ4n) is 2.85. The maximum Gasteiger partial charge on any atom is 0.221 e. The van der Waals surface area contributed by atoms with Gasteiger partial charge in [0.2, 0.25) is 5.91 Å². The number of hydrogen-bond acceptors (Lipinski definition) is 3. The van der Waals surface area contributed by atoms with Gasteiger partial charge in [0.05, 0.1) is 16.9 Å². The third-order valence-corrected chi connectivity index (χ3v) is 4.24. The molecule has 2 heterocycles. The number of benzene rings is 1. The first-order valence-electron chi connectivity index (χ1n) is 6.77. The molecule has 0 spiro atoms. The number of carbonyl (C=O) groups excluding carboxylic acids is 1. The van der Waals surface area contributed by atoms with E-state index >= 15 is 0 Å². The standard InChI is InChI=1S/C14H18ClN3O/c15-11-3-1-2-4-12(11)17-7-9-18(10-8-17)13-5-6-14(19)16-13/h1-4,13H,5-10H2,(H,16,19)/t13-/m0/s1. The molecule has 1 N–H and O–H groups in total. The zero-order valence-corrected chi connectivity index (χ0v) is 11.6. The molecule has 0 radical (unpaired) electrons. The van der Waals surface area contributed by atoms with E-state index in [1.807, 2.05) is 18.2 Å². The van der Waals surface area contributed by atoms with E-state index in [1.165, 1.54) is 0 Å². The number of rotatable bonds is 2. The normalized spacial score (nSPS) is 24.6. The van der Waals surface area contributed by atoms with Crippen molar-refractivity contribution >= 4 is 23.2 Å². The monoisotopic (exact) mass is 279 g/mol. The lowest BCUT2D eigenvalue weighted by molar-refractivity contribution is -0.119. The highest BCUT2D eigenvalue weighted by Crippen LogP contribution is 2.26. The fourth-order valence-corrected chi connectivity index (χ4v) is 3.11. The minimum Gasteiger partial charge on any atom is -0.368 e. The van der Waals surface area contributed by atoms with Gasteiger partial charge in [-0.15, -0.1) is 0 Å². The predicted octanol–water partition coefficient (Wildman–Crippen LogP) is 1.70. The van der Waals surface area contributed by atoms with Gasteiger partial charge in [0.1, 0.15) is 0 Å². The van der Waals surface area contributed by atoms with Crippen molar-refractivity contribution in [3.05, 3.63) is 29.3 Å². The lowest BCUT2D eigenvalue weighted by atomic mass is 10.2. The molecule has 0 aliphatic carbocycles. The van der Waals surface area contributed by atoms with Gasteiger partial charge in [-0.1, -0.05) is 23.7 Å². The molecule has 0 bridgehead atoms. The summed E-state index contributed by atoms with van der Waals surface area (Å²) in [4.78, 5) is 15.9. The molecule has 102 valence electrons. The molecular formula is C14H18ClN3O. The van der Waals surface area contributed by atoms with E-state index < -0.39 is 0 Å². The second-order valence-electron chi connectivity index (χ2n) is 5.10. The maximum atomic E-state index is 11.3. The highest BCUT2D eigenvalue weighted by atomic mass is 35.5. The van der Waals surface area contributed by atoms with Gasteiger partial charge in [0.15, 0.2) is 0 Å². The minimum absolute atomic E-state index is 0.179. The average molecular weight is 280 g/mol. The van der Waals surface area contributed by atoms with Crippen LogP contribution in [0.2, 0.25) is 5.02 Å². The number of carbonyl (C=O) groups is 1. The van der Waals surface area contributed by atoms with Crippen molar-refractivity contribution in [3.8, 4) is 0 Å². The number of piperazine rings is 1. The minimum atomic E-state index is 0.179. The molecule has 1 atom stereocenters. The summed E-state index contributed by atoms with van der Waals surface area (Å²) in [6, 6.07) is 7.97. The molecule has 0 unspecified atom stereocenters. The zero-order valence-electron chi connectivity index (χ0n) is 10.8. The number of anilines is 1. The van der Waals surface area contributed by atoms with Crippen LogP contribution in [0.25, 0.3) is 0 Å². The van der Waals surface area contributed by atoms with Gasteiger partial charge in [-0.2, -0.15) is 0 Å². The van der Waals surface area contributed by atoms with Gasteiger partial charge in [-0.05, 0) is 18.6 Å². The van der Waals surface area contributed by atoms with Gasteiger partial charge in [0.25, 0.3) is 0 Å². The van der Waals surface area contributed by atoms with Crippen LogP contribution in [0.1, 0.15) is 12.8 Å². The Morgan fingerprint density at radius 1 is 1.16 bits per heavy atom. The molecule has 2 aliphatic heterocycles. The Bertz CT molecular complexity index is 472. The third kappa shape index (κ3) is 2.69. The Morgan fingerprint density at radius 2 is 1.89 bits per heavy atom. The molecular weight excluding hydrogens is 262 g/mol. The molecule has 0 saturated carbocycles. The molecule has 2 fully saturated rings. The van der Waals surface area contributed by atoms with Gasteiger partial charge in [-0.25, -0.2) is 0 Å². The number of halogens is 1. The summed E-state index contributed by atoms with van der Waals surface area (Å²) in [7, 11) is 0. The maximum absolute atomic E-state index is 11.3. The van der Waals surface area contributed by atoms with E-state index in [2.05, 4.69) is 21.2 Å². The smallest absolute Gasteiger partial charge is 0.221 e. The molecule has 2 saturated heterocycles. The molecule has 1 aromatic carbocycles. The Labute approximate surface area is 118 Å². The number of nitrogens with one attached hydrogen (secondary N) is 1. The number of nitrogens with zero attached hydrogens (tertiary/aromatic N) is 2. The largest absolute Gasteiger partial charge is 0.368 e. The summed E-state index contributed by atoms with van der Waals surface area (Å²) >= 11 is 6.23. The number of amides is 1. The summed E-state index contributed by atoms with van der Waals surface area (Å²) in [5.74, 6) is 0.179. The zero-order chi connectivity index (χ0) is 13.2. The lowest BCUT2D eigenvalue weighted by Crippen LogP contribution is -2.53. The topological polar surface area (TPSA) is 35.6 Å². The summed E-state index contributed by atoms with van der Waals surface area (Å²) in [5, 5.41) is 3.84. The average Bonchev–Trinajstić information content (AvgIpc) is 2.86. The Morgan fingerprint density at radius 3 is 2.53 bits per heavy atom. The van der Waals surface area contributed by atoms with E-state index in [9.17, 15) is 4.79 Å². The van der Waals surface area contributed by atoms with Crippen molar-refractivity contribution in [2.45, 2.75) is 19.0 Å². The van der Waals surface area contributed by atoms with E-state index in [1.54, 1.807) is 0 Å². The van der Waals surface area contributed by atoms with Crippen molar-refractivity contribution in [2.75, 3.05) is 31.1 Å². The first-order chi connectivity index (χ1) is 9.24. The predicted molar refractivity (Wildman–Crippen MR) is 76.4 cm³/mol. The van der Waals surface area contributed by atoms with Crippen LogP contribution in [0.3, 0.4) is 0 Å². The Balaban J connectivity index is 1.60. The van der Waals surface area contributed by atoms with Crippen LogP contribution in [-0.4, -0.2) is 43.2 Å². The highest BCUT2D eigenvalue weighted by Gasteiger charge is 2.29. The molecule has 3 rings (SSSR count). The van der Waals surface area contributed by atoms with Crippen molar-refractivity contribution in [1.29, 1.82) is 0 Å². The van der Waals surface area contributed by atoms with Crippen LogP contribution in [0.15, 0.2) is 24.3 Å². The molecule has 0 aromatic heterocycles. The molecule has 4 nitrogen and oxygen atoms in total. The lowest BCUT2D eigenvalue weighted by Gasteiger charge is -2.39. The SMILES string of the molecule is O=C1CC[C@H](N2CCN(c3ccccc3Cl)CC2)N1. The highest BCUT2D eigenvalue weighted by molar-refractivity contribution is 6.33. The van der Waals surface area contributed by atoms with E-state index in [0.29, 0.717) is 6.42 Å². The van der Waals surface area contributed by atoms with Gasteiger partial charge in [-0.3, -0.25) is 9.69 Å². The second-order valence-corrected chi connectivity index (χ2v) is 5.50. The Hall–Kier alpha value is -1.26. The van der Waals surface area contributed by atoms with Crippen LogP contribution in [0, 0.1) is 0 Å². The summed E-state index contributed by atoms with van der Waals surface area (Å²) < 4.78 is 0. The molecule has 1 amide bonds. The molecule has 5 heteroatoms. The molecule has 1 aromatic rings. The van der Waals surface area contributed by atoms with E-state index in [4.69, 9.17) is 11.6 Å². The van der Waals surface area contributed by atoms with E-state index in [-0.39, 0.29) is 12.1 Å². The van der Waals surface area contributed by atoms with Gasteiger partial charge >= 0.3 is 0 Å². The van der Waals surface area contributed by atoms with Crippen LogP contribution in [0.4, 0.5) is 5.69 Å². The van der Waals surface area contributed by atoms with Crippen molar-refractivity contribution in [1.82, 2.24) is 10.2 Å². The third-order valence-electron chi connectivity index (χ3n) is 3.92. The van der Waals surface area contributed by atoms with Crippen molar-refractivity contribution in [2.24, 2.45) is 0 Å². The number of hydrogen-bond donors (Lipinski definition) is 1. The van der Waals surface area contributed by atoms with Crippen LogP contribution < -0.4 is 10.2 Å². The summed E-state index contributed by atoms with van der Waals surface area (Å²) in [5.41, 5.74) is 1.11. The van der Waals surface area contributed by atoms with Gasteiger partial charge in [0, 0.05) is 32.6 Å². The second kappa shape index (κ2) is 5.39. The molecule has 19 heavy (non-hydrogen) atoms. The first-order valence-corrected chi connectivity index (χ1v) is 7.15.